The molecule has 0 aliphatic heterocycles. The second-order valence-corrected chi connectivity index (χ2v) is 7.22. The van der Waals surface area contributed by atoms with Gasteiger partial charge in [-0.2, -0.15) is 0 Å². The van der Waals surface area contributed by atoms with Crippen LogP contribution in [-0.2, 0) is 14.6 Å². The number of sulfone groups is 1. The average molecular weight is 315 g/mol. The molecule has 2 rings (SSSR count). The Labute approximate surface area is 122 Å². The maximum absolute atomic E-state index is 12.0. The summed E-state index contributed by atoms with van der Waals surface area (Å²) in [5, 5.41) is 2.93. The van der Waals surface area contributed by atoms with E-state index >= 15 is 0 Å². The third kappa shape index (κ3) is 3.39. The lowest BCUT2D eigenvalue weighted by atomic mass is 10.1. The lowest BCUT2D eigenvalue weighted by Crippen LogP contribution is -2.24. The van der Waals surface area contributed by atoms with Crippen molar-refractivity contribution in [2.24, 2.45) is 11.7 Å². The molecule has 20 heavy (non-hydrogen) atoms. The van der Waals surface area contributed by atoms with E-state index in [4.69, 9.17) is 17.3 Å². The predicted octanol–water partition coefficient (Wildman–Crippen LogP) is 1.59. The van der Waals surface area contributed by atoms with Crippen LogP contribution in [0, 0.1) is 5.92 Å². The minimum Gasteiger partial charge on any atom is -0.324 e. The fourth-order valence-electron chi connectivity index (χ4n) is 1.98. The maximum Gasteiger partial charge on any atom is 0.231 e. The zero-order chi connectivity index (χ0) is 14.9. The number of amides is 1. The van der Waals surface area contributed by atoms with E-state index in [1.54, 1.807) is 12.2 Å². The molecule has 0 heterocycles. The Morgan fingerprint density at radius 3 is 2.65 bits per heavy atom. The van der Waals surface area contributed by atoms with Crippen LogP contribution in [0.2, 0.25) is 5.02 Å². The van der Waals surface area contributed by atoms with Gasteiger partial charge in [0.05, 0.1) is 21.5 Å². The molecule has 1 aliphatic rings. The van der Waals surface area contributed by atoms with Crippen molar-refractivity contribution >= 4 is 33.0 Å². The quantitative estimate of drug-likeness (QED) is 0.829. The molecule has 5 nitrogen and oxygen atoms in total. The van der Waals surface area contributed by atoms with Crippen LogP contribution in [0.15, 0.2) is 35.2 Å². The van der Waals surface area contributed by atoms with Gasteiger partial charge in [-0.15, -0.1) is 0 Å². The fraction of sp³-hybridized carbons (Fsp3) is 0.308. The number of carbonyl (C=O) groups is 1. The highest BCUT2D eigenvalue weighted by Gasteiger charge is 2.23. The predicted molar refractivity (Wildman–Crippen MR) is 78.4 cm³/mol. The summed E-state index contributed by atoms with van der Waals surface area (Å²) < 4.78 is 23.0. The number of nitrogens with two attached hydrogens (primary N) is 1. The van der Waals surface area contributed by atoms with E-state index in [9.17, 15) is 13.2 Å². The molecule has 0 aromatic heterocycles. The second-order valence-electron chi connectivity index (χ2n) is 4.79. The minimum absolute atomic E-state index is 0.107. The first-order chi connectivity index (χ1) is 9.27. The number of halogens is 1. The Kier molecular flexibility index (Phi) is 4.17. The molecular weight excluding hydrogens is 300 g/mol. The zero-order valence-corrected chi connectivity index (χ0v) is 12.4. The van der Waals surface area contributed by atoms with Crippen molar-refractivity contribution in [3.63, 3.8) is 0 Å². The van der Waals surface area contributed by atoms with Crippen LogP contribution in [0.1, 0.15) is 6.42 Å². The summed E-state index contributed by atoms with van der Waals surface area (Å²) in [6, 6.07) is 4.08. The van der Waals surface area contributed by atoms with Gasteiger partial charge >= 0.3 is 0 Å². The van der Waals surface area contributed by atoms with Crippen LogP contribution in [-0.4, -0.2) is 26.6 Å². The summed E-state index contributed by atoms with van der Waals surface area (Å²) in [6.45, 7) is 0. The molecule has 0 spiro atoms. The first-order valence-corrected chi connectivity index (χ1v) is 8.28. The van der Waals surface area contributed by atoms with Crippen molar-refractivity contribution in [2.45, 2.75) is 17.4 Å². The minimum atomic E-state index is -3.35. The molecule has 1 amide bonds. The van der Waals surface area contributed by atoms with E-state index in [0.717, 1.165) is 6.26 Å². The van der Waals surface area contributed by atoms with Gasteiger partial charge in [-0.1, -0.05) is 23.8 Å². The summed E-state index contributed by atoms with van der Waals surface area (Å²) in [5.74, 6) is -0.565. The van der Waals surface area contributed by atoms with Gasteiger partial charge in [-0.25, -0.2) is 8.42 Å². The van der Waals surface area contributed by atoms with Crippen LogP contribution in [0.25, 0.3) is 0 Å². The molecule has 0 bridgehead atoms. The summed E-state index contributed by atoms with van der Waals surface area (Å²) in [6.07, 6.45) is 5.16. The molecule has 0 radical (unpaired) electrons. The van der Waals surface area contributed by atoms with Crippen LogP contribution in [0.4, 0.5) is 5.69 Å². The average Bonchev–Trinajstić information content (AvgIpc) is 2.77. The highest BCUT2D eigenvalue weighted by molar-refractivity contribution is 7.90. The molecule has 7 heteroatoms. The smallest absolute Gasteiger partial charge is 0.231 e. The summed E-state index contributed by atoms with van der Waals surface area (Å²) in [4.78, 5) is 12.2. The van der Waals surface area contributed by atoms with Gasteiger partial charge in [0.25, 0.3) is 0 Å². The molecule has 2 atom stereocenters. The lowest BCUT2D eigenvalue weighted by molar-refractivity contribution is -0.118. The number of benzene rings is 1. The van der Waals surface area contributed by atoms with E-state index in [1.807, 2.05) is 0 Å². The summed E-state index contributed by atoms with van der Waals surface area (Å²) in [5.41, 5.74) is 5.98. The number of carbonyl (C=O) groups excluding carboxylic acids is 1. The molecule has 0 fully saturated rings. The van der Waals surface area contributed by atoms with Crippen LogP contribution < -0.4 is 11.1 Å². The van der Waals surface area contributed by atoms with Crippen molar-refractivity contribution in [3.8, 4) is 0 Å². The van der Waals surface area contributed by atoms with Crippen LogP contribution in [0.5, 0.6) is 0 Å². The number of hydrogen-bond donors (Lipinski definition) is 2. The molecule has 0 saturated heterocycles. The molecule has 108 valence electrons. The molecule has 1 aliphatic carbocycles. The van der Waals surface area contributed by atoms with Crippen LogP contribution >= 0.6 is 11.6 Å². The highest BCUT2D eigenvalue weighted by Crippen LogP contribution is 2.27. The SMILES string of the molecule is CS(=O)(=O)c1ccc(Cl)c(NC(=O)C2C=CC(N)C2)c1. The topological polar surface area (TPSA) is 89.3 Å². The highest BCUT2D eigenvalue weighted by atomic mass is 35.5. The van der Waals surface area contributed by atoms with Gasteiger partial charge in [0.1, 0.15) is 0 Å². The largest absolute Gasteiger partial charge is 0.324 e. The van der Waals surface area contributed by atoms with Gasteiger partial charge < -0.3 is 11.1 Å². The molecule has 2 unspecified atom stereocenters. The van der Waals surface area contributed by atoms with Gasteiger partial charge in [-0.05, 0) is 24.6 Å². The molecule has 1 aromatic rings. The second kappa shape index (κ2) is 5.55. The van der Waals surface area contributed by atoms with Crippen molar-refractivity contribution < 1.29 is 13.2 Å². The Morgan fingerprint density at radius 1 is 1.40 bits per heavy atom. The monoisotopic (exact) mass is 314 g/mol. The third-order valence-electron chi connectivity index (χ3n) is 3.08. The summed E-state index contributed by atoms with van der Waals surface area (Å²) in [7, 11) is -3.35. The Bertz CT molecular complexity index is 670. The van der Waals surface area contributed by atoms with Crippen molar-refractivity contribution in [3.05, 3.63) is 35.4 Å². The molecule has 0 saturated carbocycles. The zero-order valence-electron chi connectivity index (χ0n) is 10.8. The standard InChI is InChI=1S/C13H15ClN2O3S/c1-20(18,19)10-4-5-11(14)12(7-10)16-13(17)8-2-3-9(15)6-8/h2-5,7-9H,6,15H2,1H3,(H,16,17). The van der Waals surface area contributed by atoms with E-state index in [2.05, 4.69) is 5.32 Å². The van der Waals surface area contributed by atoms with Crippen LogP contribution in [0.3, 0.4) is 0 Å². The van der Waals surface area contributed by atoms with Crippen molar-refractivity contribution in [1.82, 2.24) is 0 Å². The molecule has 1 aromatic carbocycles. The Morgan fingerprint density at radius 2 is 2.10 bits per heavy atom. The number of hydrogen-bond acceptors (Lipinski definition) is 4. The molecular formula is C13H15ClN2O3S. The fourth-order valence-corrected chi connectivity index (χ4v) is 2.79. The Balaban J connectivity index is 2.21. The third-order valence-corrected chi connectivity index (χ3v) is 4.52. The van der Waals surface area contributed by atoms with E-state index in [0.29, 0.717) is 6.42 Å². The van der Waals surface area contributed by atoms with Gasteiger partial charge in [0.2, 0.25) is 5.91 Å². The first kappa shape index (κ1) is 15.0. The number of anilines is 1. The van der Waals surface area contributed by atoms with Crippen molar-refractivity contribution in [2.75, 3.05) is 11.6 Å². The van der Waals surface area contributed by atoms with Crippen molar-refractivity contribution in [1.29, 1.82) is 0 Å². The van der Waals surface area contributed by atoms with Gasteiger partial charge in [0.15, 0.2) is 9.84 Å². The number of nitrogens with one attached hydrogen (secondary N) is 1. The van der Waals surface area contributed by atoms with E-state index in [-0.39, 0.29) is 33.5 Å². The normalized spacial score (nSPS) is 21.9. The Hall–Kier alpha value is -1.37. The first-order valence-electron chi connectivity index (χ1n) is 6.02. The number of rotatable bonds is 3. The molecule has 3 N–H and O–H groups in total. The van der Waals surface area contributed by atoms with Gasteiger partial charge in [0, 0.05) is 12.3 Å². The maximum atomic E-state index is 12.0. The van der Waals surface area contributed by atoms with Gasteiger partial charge in [-0.3, -0.25) is 4.79 Å². The van der Waals surface area contributed by atoms with E-state index < -0.39 is 9.84 Å². The van der Waals surface area contributed by atoms with E-state index in [1.165, 1.54) is 18.2 Å². The summed E-state index contributed by atoms with van der Waals surface area (Å²) >= 11 is 5.97. The lowest BCUT2D eigenvalue weighted by Gasteiger charge is -2.12.